The zero-order chi connectivity index (χ0) is 15.1. The van der Waals surface area contributed by atoms with E-state index >= 15 is 0 Å². The Morgan fingerprint density at radius 1 is 1.05 bits per heavy atom. The first kappa shape index (κ1) is 15.0. The number of nitrogens with one attached hydrogen (secondary N) is 1. The van der Waals surface area contributed by atoms with E-state index in [1.165, 1.54) is 5.56 Å². The molecule has 1 heterocycles. The van der Waals surface area contributed by atoms with E-state index in [1.807, 2.05) is 44.2 Å². The van der Waals surface area contributed by atoms with Crippen LogP contribution in [0.15, 0.2) is 42.5 Å². The number of benzene rings is 1. The molecule has 0 atom stereocenters. The summed E-state index contributed by atoms with van der Waals surface area (Å²) < 4.78 is 0. The molecule has 1 aromatic heterocycles. The van der Waals surface area contributed by atoms with Crippen molar-refractivity contribution in [2.45, 2.75) is 20.4 Å². The van der Waals surface area contributed by atoms with E-state index in [4.69, 9.17) is 0 Å². The molecule has 0 aliphatic heterocycles. The predicted octanol–water partition coefficient (Wildman–Crippen LogP) is 2.57. The molecule has 0 unspecified atom stereocenters. The van der Waals surface area contributed by atoms with Crippen LogP contribution in [0.3, 0.4) is 0 Å². The molecule has 0 saturated carbocycles. The second-order valence-corrected chi connectivity index (χ2v) is 4.62. The first-order valence-corrected chi connectivity index (χ1v) is 7.15. The van der Waals surface area contributed by atoms with Gasteiger partial charge in [0.25, 0.3) is 5.91 Å². The maximum atomic E-state index is 12.1. The van der Waals surface area contributed by atoms with Gasteiger partial charge in [-0.15, -0.1) is 10.2 Å². The number of nitrogens with zero attached hydrogens (tertiary/aromatic N) is 3. The van der Waals surface area contributed by atoms with Crippen LogP contribution in [-0.4, -0.2) is 34.1 Å². The highest BCUT2D eigenvalue weighted by Crippen LogP contribution is 2.07. The van der Waals surface area contributed by atoms with Crippen LogP contribution >= 0.6 is 0 Å². The summed E-state index contributed by atoms with van der Waals surface area (Å²) in [6.45, 7) is 5.92. The van der Waals surface area contributed by atoms with Gasteiger partial charge in [0.1, 0.15) is 5.82 Å². The largest absolute Gasteiger partial charge is 0.365 e. The van der Waals surface area contributed by atoms with Gasteiger partial charge in [0, 0.05) is 19.6 Å². The van der Waals surface area contributed by atoms with Crippen LogP contribution in [0.2, 0.25) is 0 Å². The Labute approximate surface area is 125 Å². The third kappa shape index (κ3) is 4.02. The minimum absolute atomic E-state index is 0.0814. The summed E-state index contributed by atoms with van der Waals surface area (Å²) in [6.07, 6.45) is 0. The predicted molar refractivity (Wildman–Crippen MR) is 83.1 cm³/mol. The van der Waals surface area contributed by atoms with Crippen LogP contribution in [-0.2, 0) is 6.54 Å². The molecule has 0 bridgehead atoms. The Morgan fingerprint density at radius 3 is 2.33 bits per heavy atom. The van der Waals surface area contributed by atoms with Gasteiger partial charge in [-0.1, -0.05) is 30.3 Å². The standard InChI is InChI=1S/C16H20N4O/c1-3-20(4-2)16(21)14-10-11-15(19-18-14)17-12-13-8-6-5-7-9-13/h5-11H,3-4,12H2,1-2H3,(H,17,19). The number of amides is 1. The molecular weight excluding hydrogens is 264 g/mol. The zero-order valence-corrected chi connectivity index (χ0v) is 12.4. The van der Waals surface area contributed by atoms with Crippen molar-refractivity contribution in [1.29, 1.82) is 0 Å². The zero-order valence-electron chi connectivity index (χ0n) is 12.4. The molecule has 5 heteroatoms. The van der Waals surface area contributed by atoms with E-state index < -0.39 is 0 Å². The topological polar surface area (TPSA) is 58.1 Å². The number of carbonyl (C=O) groups excluding carboxylic acids is 1. The fourth-order valence-electron chi connectivity index (χ4n) is 2.00. The minimum atomic E-state index is -0.0814. The summed E-state index contributed by atoms with van der Waals surface area (Å²) in [5.74, 6) is 0.581. The summed E-state index contributed by atoms with van der Waals surface area (Å²) in [5.41, 5.74) is 1.55. The van der Waals surface area contributed by atoms with Gasteiger partial charge in [0.05, 0.1) is 0 Å². The van der Waals surface area contributed by atoms with Gasteiger partial charge in [-0.25, -0.2) is 0 Å². The van der Waals surface area contributed by atoms with Gasteiger partial charge in [-0.2, -0.15) is 0 Å². The summed E-state index contributed by atoms with van der Waals surface area (Å²) >= 11 is 0. The lowest BCUT2D eigenvalue weighted by atomic mass is 10.2. The van der Waals surface area contributed by atoms with Crippen LogP contribution < -0.4 is 5.32 Å². The molecule has 1 amide bonds. The Bertz CT molecular complexity index is 565. The molecule has 0 saturated heterocycles. The second kappa shape index (κ2) is 7.38. The van der Waals surface area contributed by atoms with Crippen LogP contribution in [0.5, 0.6) is 0 Å². The number of hydrogen-bond donors (Lipinski definition) is 1. The Morgan fingerprint density at radius 2 is 1.76 bits per heavy atom. The highest BCUT2D eigenvalue weighted by Gasteiger charge is 2.14. The first-order valence-electron chi connectivity index (χ1n) is 7.15. The average molecular weight is 284 g/mol. The van der Waals surface area contributed by atoms with Crippen molar-refractivity contribution in [2.24, 2.45) is 0 Å². The van der Waals surface area contributed by atoms with Crippen molar-refractivity contribution in [3.63, 3.8) is 0 Å². The van der Waals surface area contributed by atoms with E-state index in [0.29, 0.717) is 31.1 Å². The maximum absolute atomic E-state index is 12.1. The Kier molecular flexibility index (Phi) is 5.26. The lowest BCUT2D eigenvalue weighted by Crippen LogP contribution is -2.31. The fraction of sp³-hybridized carbons (Fsp3) is 0.312. The normalized spacial score (nSPS) is 10.2. The van der Waals surface area contributed by atoms with Gasteiger partial charge in [-0.3, -0.25) is 4.79 Å². The van der Waals surface area contributed by atoms with Crippen molar-refractivity contribution < 1.29 is 4.79 Å². The number of hydrogen-bond acceptors (Lipinski definition) is 4. The van der Waals surface area contributed by atoms with Crippen LogP contribution in [0.1, 0.15) is 29.9 Å². The summed E-state index contributed by atoms with van der Waals surface area (Å²) in [4.78, 5) is 13.8. The Balaban J connectivity index is 1.97. The van der Waals surface area contributed by atoms with Crippen molar-refractivity contribution in [3.05, 3.63) is 53.7 Å². The lowest BCUT2D eigenvalue weighted by Gasteiger charge is -2.17. The molecule has 0 aliphatic carbocycles. The van der Waals surface area contributed by atoms with E-state index in [9.17, 15) is 4.79 Å². The van der Waals surface area contributed by atoms with E-state index in [0.717, 1.165) is 0 Å². The van der Waals surface area contributed by atoms with Gasteiger partial charge in [0.2, 0.25) is 0 Å². The summed E-state index contributed by atoms with van der Waals surface area (Å²) in [5, 5.41) is 11.2. The van der Waals surface area contributed by atoms with E-state index in [-0.39, 0.29) is 5.91 Å². The van der Waals surface area contributed by atoms with Crippen molar-refractivity contribution in [1.82, 2.24) is 15.1 Å². The first-order chi connectivity index (χ1) is 10.2. The third-order valence-electron chi connectivity index (χ3n) is 3.25. The molecule has 1 N–H and O–H groups in total. The highest BCUT2D eigenvalue weighted by molar-refractivity contribution is 5.92. The smallest absolute Gasteiger partial charge is 0.274 e. The monoisotopic (exact) mass is 284 g/mol. The third-order valence-corrected chi connectivity index (χ3v) is 3.25. The van der Waals surface area contributed by atoms with Gasteiger partial charge in [0.15, 0.2) is 5.69 Å². The Hall–Kier alpha value is -2.43. The van der Waals surface area contributed by atoms with Gasteiger partial charge < -0.3 is 10.2 Å². The molecule has 0 aliphatic rings. The molecule has 0 spiro atoms. The van der Waals surface area contributed by atoms with Crippen molar-refractivity contribution in [2.75, 3.05) is 18.4 Å². The SMILES string of the molecule is CCN(CC)C(=O)c1ccc(NCc2ccccc2)nn1. The van der Waals surface area contributed by atoms with Crippen molar-refractivity contribution >= 4 is 11.7 Å². The molecule has 5 nitrogen and oxygen atoms in total. The minimum Gasteiger partial charge on any atom is -0.365 e. The molecule has 2 aromatic rings. The summed E-state index contributed by atoms with van der Waals surface area (Å²) in [6, 6.07) is 13.5. The fourth-order valence-corrected chi connectivity index (χ4v) is 2.00. The second-order valence-electron chi connectivity index (χ2n) is 4.62. The van der Waals surface area contributed by atoms with Crippen LogP contribution in [0.25, 0.3) is 0 Å². The van der Waals surface area contributed by atoms with Crippen molar-refractivity contribution in [3.8, 4) is 0 Å². The lowest BCUT2D eigenvalue weighted by molar-refractivity contribution is 0.0766. The number of anilines is 1. The number of rotatable bonds is 6. The highest BCUT2D eigenvalue weighted by atomic mass is 16.2. The number of aromatic nitrogens is 2. The van der Waals surface area contributed by atoms with Crippen LogP contribution in [0, 0.1) is 0 Å². The molecule has 1 aromatic carbocycles. The maximum Gasteiger partial charge on any atom is 0.274 e. The number of carbonyl (C=O) groups is 1. The van der Waals surface area contributed by atoms with Gasteiger partial charge >= 0.3 is 0 Å². The molecular formula is C16H20N4O. The quantitative estimate of drug-likeness (QED) is 0.885. The molecule has 2 rings (SSSR count). The summed E-state index contributed by atoms with van der Waals surface area (Å²) in [7, 11) is 0. The molecule has 0 radical (unpaired) electrons. The van der Waals surface area contributed by atoms with E-state index in [1.54, 1.807) is 17.0 Å². The van der Waals surface area contributed by atoms with Crippen LogP contribution in [0.4, 0.5) is 5.82 Å². The molecule has 110 valence electrons. The van der Waals surface area contributed by atoms with E-state index in [2.05, 4.69) is 15.5 Å². The molecule has 0 fully saturated rings. The van der Waals surface area contributed by atoms with Gasteiger partial charge in [-0.05, 0) is 31.5 Å². The average Bonchev–Trinajstić information content (AvgIpc) is 2.55. The molecule has 21 heavy (non-hydrogen) atoms.